The number of rotatable bonds is 10. The summed E-state index contributed by atoms with van der Waals surface area (Å²) in [6, 6.07) is 4.41. The third kappa shape index (κ3) is 8.60. The average Bonchev–Trinajstić information content (AvgIpc) is 2.89. The Morgan fingerprint density at radius 3 is 2.86 bits per heavy atom. The summed E-state index contributed by atoms with van der Waals surface area (Å²) in [6.07, 6.45) is 3.72. The Morgan fingerprint density at radius 1 is 1.28 bits per heavy atom. The minimum atomic E-state index is -0.535. The molecule has 3 rings (SSSR count). The summed E-state index contributed by atoms with van der Waals surface area (Å²) in [5, 5.41) is 5.59. The van der Waals surface area contributed by atoms with Crippen molar-refractivity contribution in [3.63, 3.8) is 0 Å². The second-order valence-electron chi connectivity index (χ2n) is 9.82. The number of benzene rings is 1. The van der Waals surface area contributed by atoms with Crippen molar-refractivity contribution in [1.82, 2.24) is 15.5 Å². The predicted molar refractivity (Wildman–Crippen MR) is 134 cm³/mol. The number of aryl methyl sites for hydroxylation is 1. The Hall–Kier alpha value is -2.43. The molecule has 202 valence electrons. The van der Waals surface area contributed by atoms with Crippen LogP contribution < -0.4 is 16.4 Å². The number of urea groups is 1. The first-order valence-corrected chi connectivity index (χ1v) is 12.9. The lowest BCUT2D eigenvalue weighted by Gasteiger charge is -2.37. The number of carbonyl (C=O) groups excluding carboxylic acids is 2. The van der Waals surface area contributed by atoms with E-state index in [0.717, 1.165) is 56.4 Å². The van der Waals surface area contributed by atoms with Gasteiger partial charge in [-0.15, -0.1) is 0 Å². The Balaban J connectivity index is 1.58. The van der Waals surface area contributed by atoms with Crippen molar-refractivity contribution < 1.29 is 28.2 Å². The first-order valence-electron chi connectivity index (χ1n) is 12.9. The molecule has 0 saturated carbocycles. The van der Waals surface area contributed by atoms with Gasteiger partial charge in [-0.3, -0.25) is 0 Å². The first kappa shape index (κ1) is 28.1. The highest BCUT2D eigenvalue weighted by Gasteiger charge is 2.32. The van der Waals surface area contributed by atoms with Gasteiger partial charge in [-0.1, -0.05) is 6.07 Å². The smallest absolute Gasteiger partial charge is 0.406 e. The van der Waals surface area contributed by atoms with Gasteiger partial charge in [0.05, 0.1) is 19.8 Å². The van der Waals surface area contributed by atoms with Gasteiger partial charge in [-0.25, -0.2) is 14.0 Å². The van der Waals surface area contributed by atoms with Crippen molar-refractivity contribution in [2.24, 2.45) is 17.6 Å². The molecule has 2 fully saturated rings. The zero-order chi connectivity index (χ0) is 25.9. The molecule has 4 N–H and O–H groups in total. The van der Waals surface area contributed by atoms with Crippen LogP contribution in [-0.2, 0) is 14.2 Å². The molecule has 0 radical (unpaired) electrons. The third-order valence-electron chi connectivity index (χ3n) is 6.98. The molecule has 10 heteroatoms. The summed E-state index contributed by atoms with van der Waals surface area (Å²) in [6.45, 7) is 5.53. The topological polar surface area (TPSA) is 115 Å². The minimum absolute atomic E-state index is 0.0174. The number of alkyl carbamates (subject to hydrolysis) is 1. The van der Waals surface area contributed by atoms with Gasteiger partial charge < -0.3 is 35.5 Å². The van der Waals surface area contributed by atoms with Gasteiger partial charge in [0.25, 0.3) is 0 Å². The number of nitrogens with two attached hydrogens (primary N) is 1. The minimum Gasteiger partial charge on any atom is -0.453 e. The molecule has 0 bridgehead atoms. The Labute approximate surface area is 213 Å². The van der Waals surface area contributed by atoms with Crippen LogP contribution in [-0.4, -0.2) is 76.2 Å². The van der Waals surface area contributed by atoms with Crippen LogP contribution in [0.5, 0.6) is 0 Å². The Kier molecular flexibility index (Phi) is 11.2. The van der Waals surface area contributed by atoms with Gasteiger partial charge >= 0.3 is 12.1 Å². The normalized spacial score (nSPS) is 21.9. The molecule has 2 aliphatic heterocycles. The van der Waals surface area contributed by atoms with E-state index in [1.165, 1.54) is 19.2 Å². The predicted octanol–water partition coefficient (Wildman–Crippen LogP) is 3.11. The summed E-state index contributed by atoms with van der Waals surface area (Å²) in [7, 11) is 1.30. The molecular weight excluding hydrogens is 467 g/mol. The van der Waals surface area contributed by atoms with Gasteiger partial charge in [0.2, 0.25) is 0 Å². The number of halogens is 1. The summed E-state index contributed by atoms with van der Waals surface area (Å²) in [4.78, 5) is 26.1. The number of likely N-dealkylation sites (tertiary alicyclic amines) is 1. The monoisotopic (exact) mass is 508 g/mol. The number of nitrogens with one attached hydrogen (secondary N) is 2. The van der Waals surface area contributed by atoms with Crippen LogP contribution in [0.25, 0.3) is 0 Å². The molecule has 1 aromatic rings. The Bertz CT molecular complexity index is 852. The van der Waals surface area contributed by atoms with Crippen LogP contribution in [0.15, 0.2) is 18.2 Å². The van der Waals surface area contributed by atoms with Gasteiger partial charge in [-0.05, 0) is 68.2 Å². The van der Waals surface area contributed by atoms with Gasteiger partial charge in [0.15, 0.2) is 0 Å². The highest BCUT2D eigenvalue weighted by Crippen LogP contribution is 2.35. The highest BCUT2D eigenvalue weighted by molar-refractivity contribution is 5.74. The number of hydrogen-bond donors (Lipinski definition) is 3. The van der Waals surface area contributed by atoms with Crippen LogP contribution >= 0.6 is 0 Å². The van der Waals surface area contributed by atoms with Crippen molar-refractivity contribution in [2.75, 3.05) is 53.1 Å². The number of ether oxygens (including phenoxy) is 3. The molecule has 3 amide bonds. The number of hydrogen-bond acceptors (Lipinski definition) is 6. The molecule has 1 aromatic carbocycles. The summed E-state index contributed by atoms with van der Waals surface area (Å²) >= 11 is 0. The number of piperidine rings is 1. The fraction of sp³-hybridized carbons (Fsp3) is 0.692. The maximum atomic E-state index is 14.1. The van der Waals surface area contributed by atoms with E-state index in [1.54, 1.807) is 11.0 Å². The molecule has 0 aliphatic carbocycles. The largest absolute Gasteiger partial charge is 0.453 e. The van der Waals surface area contributed by atoms with E-state index in [1.807, 2.05) is 6.92 Å². The molecule has 4 atom stereocenters. The SMILES string of the molecule is COC(=O)NCCO[C@@H](c1cc(F)ccc1C)C1CCCN(C(=O)NC[C@H](N)CC2CCCOC2)C1. The number of amides is 3. The second-order valence-corrected chi connectivity index (χ2v) is 9.82. The van der Waals surface area contributed by atoms with Crippen molar-refractivity contribution >= 4 is 12.1 Å². The molecule has 2 saturated heterocycles. The lowest BCUT2D eigenvalue weighted by Crippen LogP contribution is -2.49. The summed E-state index contributed by atoms with van der Waals surface area (Å²) in [5.41, 5.74) is 7.96. The van der Waals surface area contributed by atoms with Crippen LogP contribution in [0.3, 0.4) is 0 Å². The number of nitrogens with zero attached hydrogens (tertiary/aromatic N) is 1. The van der Waals surface area contributed by atoms with E-state index < -0.39 is 12.2 Å². The number of carbonyl (C=O) groups is 2. The quantitative estimate of drug-likeness (QED) is 0.419. The summed E-state index contributed by atoms with van der Waals surface area (Å²) in [5.74, 6) is 0.0990. The summed E-state index contributed by atoms with van der Waals surface area (Å²) < 4.78 is 30.4. The first-order chi connectivity index (χ1) is 17.4. The molecule has 36 heavy (non-hydrogen) atoms. The average molecular weight is 509 g/mol. The van der Waals surface area contributed by atoms with E-state index in [0.29, 0.717) is 25.6 Å². The molecule has 9 nitrogen and oxygen atoms in total. The standard InChI is InChI=1S/C26H41FN4O5/c1-18-7-8-21(27)14-23(18)24(36-12-9-29-26(33)34-2)20-6-3-10-31(16-20)25(32)30-15-22(28)13-19-5-4-11-35-17-19/h7-8,14,19-20,22,24H,3-6,9-13,15-17,28H2,1-2H3,(H,29,33)(H,30,32)/t19?,20?,22-,24-/m1/s1. The fourth-order valence-corrected chi connectivity index (χ4v) is 5.09. The fourth-order valence-electron chi connectivity index (χ4n) is 5.09. The third-order valence-corrected chi connectivity index (χ3v) is 6.98. The van der Waals surface area contributed by atoms with Crippen molar-refractivity contribution in [3.8, 4) is 0 Å². The zero-order valence-electron chi connectivity index (χ0n) is 21.5. The molecular formula is C26H41FN4O5. The van der Waals surface area contributed by atoms with E-state index in [4.69, 9.17) is 15.2 Å². The van der Waals surface area contributed by atoms with E-state index in [2.05, 4.69) is 15.4 Å². The van der Waals surface area contributed by atoms with Crippen LogP contribution in [0.2, 0.25) is 0 Å². The van der Waals surface area contributed by atoms with Gasteiger partial charge in [-0.2, -0.15) is 0 Å². The zero-order valence-corrected chi connectivity index (χ0v) is 21.5. The second kappa shape index (κ2) is 14.3. The molecule has 2 unspecified atom stereocenters. The molecule has 2 aliphatic rings. The maximum Gasteiger partial charge on any atom is 0.406 e. The number of methoxy groups -OCH3 is 1. The van der Waals surface area contributed by atoms with Crippen molar-refractivity contribution in [1.29, 1.82) is 0 Å². The van der Waals surface area contributed by atoms with E-state index in [-0.39, 0.29) is 37.0 Å². The lowest BCUT2D eigenvalue weighted by atomic mass is 9.86. The van der Waals surface area contributed by atoms with E-state index in [9.17, 15) is 14.0 Å². The lowest BCUT2D eigenvalue weighted by molar-refractivity contribution is -0.00900. The molecule has 0 spiro atoms. The molecule has 2 heterocycles. The van der Waals surface area contributed by atoms with Gasteiger partial charge in [0.1, 0.15) is 5.82 Å². The van der Waals surface area contributed by atoms with Crippen LogP contribution in [0, 0.1) is 24.6 Å². The maximum absolute atomic E-state index is 14.1. The van der Waals surface area contributed by atoms with E-state index >= 15 is 0 Å². The van der Waals surface area contributed by atoms with Crippen molar-refractivity contribution in [3.05, 3.63) is 35.1 Å². The molecule has 0 aromatic heterocycles. The highest BCUT2D eigenvalue weighted by atomic mass is 19.1. The van der Waals surface area contributed by atoms with Crippen LogP contribution in [0.1, 0.15) is 49.3 Å². The Morgan fingerprint density at radius 2 is 2.11 bits per heavy atom. The van der Waals surface area contributed by atoms with Crippen LogP contribution in [0.4, 0.5) is 14.0 Å². The van der Waals surface area contributed by atoms with Crippen molar-refractivity contribution in [2.45, 2.75) is 51.2 Å². The van der Waals surface area contributed by atoms with Gasteiger partial charge in [0, 0.05) is 51.4 Å².